The molecular weight excluding hydrogens is 234 g/mol. The second-order valence-corrected chi connectivity index (χ2v) is 4.17. The smallest absolute Gasteiger partial charge is 0.323 e. The van der Waals surface area contributed by atoms with E-state index in [1.54, 1.807) is 0 Å². The summed E-state index contributed by atoms with van der Waals surface area (Å²) in [4.78, 5) is 23.5. The molecule has 1 atom stereocenters. The first-order valence-electron chi connectivity index (χ1n) is 5.40. The number of piperidine rings is 1. The molecule has 0 bridgehead atoms. The van der Waals surface area contributed by atoms with Crippen LogP contribution in [-0.4, -0.2) is 48.4 Å². The first-order chi connectivity index (χ1) is 7.82. The molecule has 1 aliphatic rings. The Kier molecular flexibility index (Phi) is 4.39. The van der Waals surface area contributed by atoms with Gasteiger partial charge in [-0.05, 0) is 13.3 Å². The maximum Gasteiger partial charge on any atom is 0.323 e. The number of ether oxygens (including phenoxy) is 1. The van der Waals surface area contributed by atoms with Crippen LogP contribution in [0.2, 0.25) is 0 Å². The average Bonchev–Trinajstić information content (AvgIpc) is 2.23. The van der Waals surface area contributed by atoms with Crippen LogP contribution < -0.4 is 5.73 Å². The third-order valence-electron chi connectivity index (χ3n) is 2.46. The van der Waals surface area contributed by atoms with Crippen LogP contribution in [0.5, 0.6) is 0 Å². The number of esters is 1. The molecule has 0 spiro atoms. The Labute approximate surface area is 97.9 Å². The summed E-state index contributed by atoms with van der Waals surface area (Å²) in [6.45, 7) is 0.546. The van der Waals surface area contributed by atoms with Gasteiger partial charge < -0.3 is 15.4 Å². The summed E-state index contributed by atoms with van der Waals surface area (Å²) in [7, 11) is 0. The zero-order valence-corrected chi connectivity index (χ0v) is 9.62. The lowest BCUT2D eigenvalue weighted by molar-refractivity contribution is -0.156. The molecule has 5 nitrogen and oxygen atoms in total. The minimum Gasteiger partial charge on any atom is -0.454 e. The van der Waals surface area contributed by atoms with Crippen LogP contribution in [-0.2, 0) is 14.3 Å². The molecule has 1 aliphatic heterocycles. The van der Waals surface area contributed by atoms with Crippen molar-refractivity contribution >= 4 is 11.9 Å². The normalized spacial score (nSPS) is 20.8. The van der Waals surface area contributed by atoms with Gasteiger partial charge in [0.1, 0.15) is 6.04 Å². The Morgan fingerprint density at radius 3 is 2.71 bits per heavy atom. The Balaban J connectivity index is 2.40. The lowest BCUT2D eigenvalue weighted by atomic mass is 10.1. The Morgan fingerprint density at radius 1 is 1.53 bits per heavy atom. The maximum atomic E-state index is 13.0. The number of carbonyl (C=O) groups is 2. The molecule has 0 radical (unpaired) electrons. The molecule has 17 heavy (non-hydrogen) atoms. The van der Waals surface area contributed by atoms with Crippen LogP contribution in [0.3, 0.4) is 0 Å². The van der Waals surface area contributed by atoms with Crippen molar-refractivity contribution in [3.63, 3.8) is 0 Å². The second kappa shape index (κ2) is 5.39. The van der Waals surface area contributed by atoms with E-state index in [0.29, 0.717) is 0 Å². The van der Waals surface area contributed by atoms with Crippen molar-refractivity contribution in [3.8, 4) is 0 Å². The van der Waals surface area contributed by atoms with Crippen LogP contribution >= 0.6 is 0 Å². The van der Waals surface area contributed by atoms with Crippen molar-refractivity contribution in [2.75, 3.05) is 19.7 Å². The van der Waals surface area contributed by atoms with Crippen molar-refractivity contribution in [2.45, 2.75) is 31.7 Å². The fourth-order valence-corrected chi connectivity index (χ4v) is 1.53. The van der Waals surface area contributed by atoms with Crippen molar-refractivity contribution in [2.24, 2.45) is 5.73 Å². The van der Waals surface area contributed by atoms with Crippen molar-refractivity contribution in [3.05, 3.63) is 0 Å². The number of rotatable bonds is 3. The first-order valence-corrected chi connectivity index (χ1v) is 5.40. The number of carbonyl (C=O) groups excluding carboxylic acids is 2. The number of nitrogens with zero attached hydrogens (tertiary/aromatic N) is 1. The zero-order valence-electron chi connectivity index (χ0n) is 9.62. The highest BCUT2D eigenvalue weighted by atomic mass is 19.3. The molecule has 0 saturated carbocycles. The number of hydrogen-bond acceptors (Lipinski definition) is 4. The third-order valence-corrected chi connectivity index (χ3v) is 2.46. The van der Waals surface area contributed by atoms with Crippen molar-refractivity contribution in [1.82, 2.24) is 4.90 Å². The standard InChI is InChI=1S/C10H16F2N2O3/c1-7(13)9(16)17-5-8(15)14-4-2-3-10(11,12)6-14/h7H,2-6,13H2,1H3/t7-/m0/s1. The van der Waals surface area contributed by atoms with Crippen LogP contribution in [0, 0.1) is 0 Å². The van der Waals surface area contributed by atoms with Crippen LogP contribution in [0.25, 0.3) is 0 Å². The lowest BCUT2D eigenvalue weighted by Gasteiger charge is -2.32. The summed E-state index contributed by atoms with van der Waals surface area (Å²) in [5, 5.41) is 0. The van der Waals surface area contributed by atoms with Crippen molar-refractivity contribution < 1.29 is 23.1 Å². The molecule has 0 aliphatic carbocycles. The molecule has 1 amide bonds. The monoisotopic (exact) mass is 250 g/mol. The van der Waals surface area contributed by atoms with E-state index in [4.69, 9.17) is 5.73 Å². The van der Waals surface area contributed by atoms with E-state index >= 15 is 0 Å². The van der Waals surface area contributed by atoms with Gasteiger partial charge >= 0.3 is 5.97 Å². The Morgan fingerprint density at radius 2 is 2.18 bits per heavy atom. The van der Waals surface area contributed by atoms with Gasteiger partial charge in [-0.1, -0.05) is 0 Å². The molecule has 2 N–H and O–H groups in total. The fraction of sp³-hybridized carbons (Fsp3) is 0.800. The molecular formula is C10H16F2N2O3. The predicted molar refractivity (Wildman–Crippen MR) is 55.4 cm³/mol. The zero-order chi connectivity index (χ0) is 13.1. The highest BCUT2D eigenvalue weighted by molar-refractivity contribution is 5.82. The summed E-state index contributed by atoms with van der Waals surface area (Å²) >= 11 is 0. The fourth-order valence-electron chi connectivity index (χ4n) is 1.53. The number of likely N-dealkylation sites (tertiary alicyclic amines) is 1. The predicted octanol–water partition coefficient (Wildman–Crippen LogP) is 0.134. The van der Waals surface area contributed by atoms with Crippen molar-refractivity contribution in [1.29, 1.82) is 0 Å². The van der Waals surface area contributed by atoms with E-state index in [0.717, 1.165) is 4.90 Å². The second-order valence-electron chi connectivity index (χ2n) is 4.17. The maximum absolute atomic E-state index is 13.0. The van der Waals surface area contributed by atoms with Gasteiger partial charge in [0.15, 0.2) is 6.61 Å². The van der Waals surface area contributed by atoms with Gasteiger partial charge in [-0.15, -0.1) is 0 Å². The SMILES string of the molecule is C[C@H](N)C(=O)OCC(=O)N1CCCC(F)(F)C1. The summed E-state index contributed by atoms with van der Waals surface area (Å²) < 4.78 is 30.6. The quantitative estimate of drug-likeness (QED) is 0.723. The molecule has 98 valence electrons. The van der Waals surface area contributed by atoms with E-state index in [-0.39, 0.29) is 19.4 Å². The summed E-state index contributed by atoms with van der Waals surface area (Å²) in [6.07, 6.45) is 0.0381. The molecule has 1 saturated heterocycles. The van der Waals surface area contributed by atoms with Gasteiger partial charge in [-0.2, -0.15) is 0 Å². The largest absolute Gasteiger partial charge is 0.454 e. The summed E-state index contributed by atoms with van der Waals surface area (Å²) in [6, 6.07) is -0.828. The number of hydrogen-bond donors (Lipinski definition) is 1. The number of amides is 1. The molecule has 1 heterocycles. The number of alkyl halides is 2. The highest BCUT2D eigenvalue weighted by Gasteiger charge is 2.37. The molecule has 0 aromatic rings. The van der Waals surface area contributed by atoms with Crippen LogP contribution in [0.4, 0.5) is 8.78 Å². The van der Waals surface area contributed by atoms with Gasteiger partial charge in [0.2, 0.25) is 0 Å². The minimum atomic E-state index is -2.85. The highest BCUT2D eigenvalue weighted by Crippen LogP contribution is 2.26. The average molecular weight is 250 g/mol. The van der Waals surface area contributed by atoms with Gasteiger partial charge in [-0.25, -0.2) is 8.78 Å². The molecule has 0 aromatic carbocycles. The molecule has 1 rings (SSSR count). The molecule has 1 fully saturated rings. The Bertz CT molecular complexity index is 308. The Hall–Kier alpha value is -1.24. The topological polar surface area (TPSA) is 72.6 Å². The third kappa shape index (κ3) is 4.26. The van der Waals surface area contributed by atoms with Crippen LogP contribution in [0.1, 0.15) is 19.8 Å². The molecule has 0 aromatic heterocycles. The number of halogens is 2. The first kappa shape index (κ1) is 13.8. The summed E-state index contributed by atoms with van der Waals surface area (Å²) in [5.74, 6) is -4.18. The molecule has 0 unspecified atom stereocenters. The van der Waals surface area contributed by atoms with E-state index in [2.05, 4.69) is 4.74 Å². The van der Waals surface area contributed by atoms with E-state index in [1.807, 2.05) is 0 Å². The molecule has 7 heteroatoms. The lowest BCUT2D eigenvalue weighted by Crippen LogP contribution is -2.47. The van der Waals surface area contributed by atoms with Gasteiger partial charge in [0, 0.05) is 13.0 Å². The van der Waals surface area contributed by atoms with E-state index in [9.17, 15) is 18.4 Å². The van der Waals surface area contributed by atoms with Crippen LogP contribution in [0.15, 0.2) is 0 Å². The number of nitrogens with two attached hydrogens (primary N) is 1. The van der Waals surface area contributed by atoms with Gasteiger partial charge in [0.25, 0.3) is 11.8 Å². The van der Waals surface area contributed by atoms with Gasteiger partial charge in [-0.3, -0.25) is 9.59 Å². The summed E-state index contributed by atoms with van der Waals surface area (Å²) in [5.41, 5.74) is 5.22. The van der Waals surface area contributed by atoms with E-state index in [1.165, 1.54) is 6.92 Å². The van der Waals surface area contributed by atoms with E-state index < -0.39 is 37.0 Å². The minimum absolute atomic E-state index is 0.212. The van der Waals surface area contributed by atoms with Gasteiger partial charge in [0.05, 0.1) is 6.54 Å².